The molecule has 1 amide bonds. The van der Waals surface area contributed by atoms with Crippen molar-refractivity contribution >= 4 is 11.5 Å². The highest BCUT2D eigenvalue weighted by atomic mass is 19.1. The Morgan fingerprint density at radius 2 is 1.88 bits per heavy atom. The van der Waals surface area contributed by atoms with E-state index >= 15 is 0 Å². The van der Waals surface area contributed by atoms with E-state index in [0.29, 0.717) is 12.1 Å². The van der Waals surface area contributed by atoms with Crippen LogP contribution in [0.2, 0.25) is 0 Å². The number of halogens is 1. The van der Waals surface area contributed by atoms with Gasteiger partial charge in [-0.05, 0) is 79.3 Å². The molecule has 0 fully saturated rings. The van der Waals surface area contributed by atoms with Crippen LogP contribution in [0.25, 0.3) is 16.7 Å². The van der Waals surface area contributed by atoms with E-state index in [1.54, 1.807) is 19.3 Å². The lowest BCUT2D eigenvalue weighted by Gasteiger charge is -2.15. The van der Waals surface area contributed by atoms with Crippen LogP contribution in [0.1, 0.15) is 38.3 Å². The summed E-state index contributed by atoms with van der Waals surface area (Å²) in [4.78, 5) is 16.2. The predicted molar refractivity (Wildman–Crippen MR) is 95.9 cm³/mol. The van der Waals surface area contributed by atoms with Crippen molar-refractivity contribution in [1.29, 1.82) is 0 Å². The van der Waals surface area contributed by atoms with E-state index in [9.17, 15) is 9.18 Å². The molecule has 0 aliphatic carbocycles. The van der Waals surface area contributed by atoms with Gasteiger partial charge in [0.05, 0.1) is 0 Å². The molecule has 1 aromatic carbocycles. The number of allylic oxidation sites excluding steroid dienone is 1. The van der Waals surface area contributed by atoms with E-state index < -0.39 is 0 Å². The standard InChI is InChI=1S/C20H23FN2O/c1-5-8-23-20(24)14(3)13(2)18-11-17(21)12-19(15(18)4)16-6-9-22-10-7-16/h6-7,9-12H,5,8H2,1-4H3,(H,23,24)/b14-13+. The third-order valence-electron chi connectivity index (χ3n) is 4.21. The van der Waals surface area contributed by atoms with Crippen LogP contribution in [0.4, 0.5) is 4.39 Å². The summed E-state index contributed by atoms with van der Waals surface area (Å²) in [5.41, 5.74) is 4.82. The molecule has 1 heterocycles. The largest absolute Gasteiger partial charge is 0.352 e. The first-order valence-corrected chi connectivity index (χ1v) is 8.12. The second kappa shape index (κ2) is 7.86. The topological polar surface area (TPSA) is 42.0 Å². The molecule has 4 heteroatoms. The second-order valence-corrected chi connectivity index (χ2v) is 5.87. The predicted octanol–water partition coefficient (Wildman–Crippen LogP) is 4.52. The molecule has 0 saturated carbocycles. The van der Waals surface area contributed by atoms with E-state index in [4.69, 9.17) is 0 Å². The summed E-state index contributed by atoms with van der Waals surface area (Å²) in [6.45, 7) is 8.22. The Hall–Kier alpha value is -2.49. The van der Waals surface area contributed by atoms with Crippen molar-refractivity contribution in [3.63, 3.8) is 0 Å². The molecule has 3 nitrogen and oxygen atoms in total. The fourth-order valence-corrected chi connectivity index (χ4v) is 2.64. The van der Waals surface area contributed by atoms with Gasteiger partial charge in [-0.25, -0.2) is 4.39 Å². The molecule has 0 spiro atoms. The van der Waals surface area contributed by atoms with Crippen LogP contribution in [-0.2, 0) is 4.79 Å². The minimum Gasteiger partial charge on any atom is -0.352 e. The lowest BCUT2D eigenvalue weighted by atomic mass is 9.91. The summed E-state index contributed by atoms with van der Waals surface area (Å²) in [5.74, 6) is -0.424. The third kappa shape index (κ3) is 3.88. The minimum absolute atomic E-state index is 0.108. The van der Waals surface area contributed by atoms with Crippen molar-refractivity contribution in [2.75, 3.05) is 6.54 Å². The summed E-state index contributed by atoms with van der Waals surface area (Å²) in [7, 11) is 0. The Morgan fingerprint density at radius 3 is 2.50 bits per heavy atom. The van der Waals surface area contributed by atoms with Gasteiger partial charge >= 0.3 is 0 Å². The normalized spacial score (nSPS) is 11.9. The van der Waals surface area contributed by atoms with Crippen molar-refractivity contribution in [2.45, 2.75) is 34.1 Å². The zero-order chi connectivity index (χ0) is 17.7. The molecule has 24 heavy (non-hydrogen) atoms. The molecular weight excluding hydrogens is 303 g/mol. The first kappa shape index (κ1) is 17.9. The zero-order valence-electron chi connectivity index (χ0n) is 14.6. The van der Waals surface area contributed by atoms with Crippen molar-refractivity contribution in [1.82, 2.24) is 10.3 Å². The van der Waals surface area contributed by atoms with Crippen LogP contribution < -0.4 is 5.32 Å². The maximum atomic E-state index is 14.2. The van der Waals surface area contributed by atoms with Gasteiger partial charge in [-0.2, -0.15) is 0 Å². The Bertz CT molecular complexity index is 767. The van der Waals surface area contributed by atoms with Crippen molar-refractivity contribution in [3.8, 4) is 11.1 Å². The Kier molecular flexibility index (Phi) is 5.85. The van der Waals surface area contributed by atoms with Gasteiger partial charge in [0.2, 0.25) is 5.91 Å². The highest BCUT2D eigenvalue weighted by molar-refractivity contribution is 6.00. The zero-order valence-corrected chi connectivity index (χ0v) is 14.6. The number of nitrogens with one attached hydrogen (secondary N) is 1. The molecule has 0 atom stereocenters. The highest BCUT2D eigenvalue weighted by Crippen LogP contribution is 2.31. The van der Waals surface area contributed by atoms with Gasteiger partial charge in [-0.3, -0.25) is 9.78 Å². The van der Waals surface area contributed by atoms with Crippen molar-refractivity contribution in [3.05, 3.63) is 59.2 Å². The lowest BCUT2D eigenvalue weighted by Crippen LogP contribution is -2.25. The van der Waals surface area contributed by atoms with Gasteiger partial charge < -0.3 is 5.32 Å². The second-order valence-electron chi connectivity index (χ2n) is 5.87. The number of nitrogens with zero attached hydrogens (tertiary/aromatic N) is 1. The molecule has 2 rings (SSSR count). The molecule has 0 saturated heterocycles. The fourth-order valence-electron chi connectivity index (χ4n) is 2.64. The van der Waals surface area contributed by atoms with Crippen LogP contribution in [0.3, 0.4) is 0 Å². The molecular formula is C20H23FN2O. The molecule has 0 bridgehead atoms. The fraction of sp³-hybridized carbons (Fsp3) is 0.300. The number of hydrogen-bond acceptors (Lipinski definition) is 2. The van der Waals surface area contributed by atoms with Gasteiger partial charge in [0.25, 0.3) is 0 Å². The van der Waals surface area contributed by atoms with Crippen molar-refractivity contribution in [2.24, 2.45) is 0 Å². The molecule has 0 aliphatic rings. The summed E-state index contributed by atoms with van der Waals surface area (Å²) in [6, 6.07) is 6.72. The number of benzene rings is 1. The number of amides is 1. The van der Waals surface area contributed by atoms with Crippen LogP contribution in [0, 0.1) is 12.7 Å². The molecule has 2 aromatic rings. The number of hydrogen-bond donors (Lipinski definition) is 1. The van der Waals surface area contributed by atoms with Gasteiger partial charge in [-0.1, -0.05) is 6.92 Å². The molecule has 0 aliphatic heterocycles. The smallest absolute Gasteiger partial charge is 0.247 e. The molecule has 1 N–H and O–H groups in total. The first-order chi connectivity index (χ1) is 11.5. The molecule has 0 unspecified atom stereocenters. The maximum Gasteiger partial charge on any atom is 0.247 e. The van der Waals surface area contributed by atoms with Gasteiger partial charge in [-0.15, -0.1) is 0 Å². The summed E-state index contributed by atoms with van der Waals surface area (Å²) < 4.78 is 14.2. The maximum absolute atomic E-state index is 14.2. The average Bonchev–Trinajstić information content (AvgIpc) is 2.60. The minimum atomic E-state index is -0.316. The lowest BCUT2D eigenvalue weighted by molar-refractivity contribution is -0.117. The summed E-state index contributed by atoms with van der Waals surface area (Å²) in [5, 5.41) is 2.86. The van der Waals surface area contributed by atoms with Gasteiger partial charge in [0.1, 0.15) is 5.82 Å². The molecule has 126 valence electrons. The molecule has 1 aromatic heterocycles. The van der Waals surface area contributed by atoms with Crippen LogP contribution in [0.5, 0.6) is 0 Å². The van der Waals surface area contributed by atoms with Crippen molar-refractivity contribution < 1.29 is 9.18 Å². The number of rotatable bonds is 5. The van der Waals surface area contributed by atoms with Crippen LogP contribution in [-0.4, -0.2) is 17.4 Å². The quantitative estimate of drug-likeness (QED) is 0.821. The molecule has 0 radical (unpaired) electrons. The summed E-state index contributed by atoms with van der Waals surface area (Å²) >= 11 is 0. The highest BCUT2D eigenvalue weighted by Gasteiger charge is 2.14. The van der Waals surface area contributed by atoms with E-state index in [2.05, 4.69) is 10.3 Å². The van der Waals surface area contributed by atoms with Gasteiger partial charge in [0, 0.05) is 24.5 Å². The van der Waals surface area contributed by atoms with E-state index in [1.165, 1.54) is 12.1 Å². The number of carbonyl (C=O) groups is 1. The number of pyridine rings is 1. The van der Waals surface area contributed by atoms with Crippen LogP contribution >= 0.6 is 0 Å². The first-order valence-electron chi connectivity index (χ1n) is 8.12. The Morgan fingerprint density at radius 1 is 1.21 bits per heavy atom. The Balaban J connectivity index is 2.51. The van der Waals surface area contributed by atoms with E-state index in [-0.39, 0.29) is 11.7 Å². The SMILES string of the molecule is CCCNC(=O)/C(C)=C(\C)c1cc(F)cc(-c2ccncc2)c1C. The monoisotopic (exact) mass is 326 g/mol. The number of carbonyl (C=O) groups excluding carboxylic acids is 1. The Labute approximate surface area is 142 Å². The third-order valence-corrected chi connectivity index (χ3v) is 4.21. The summed E-state index contributed by atoms with van der Waals surface area (Å²) in [6.07, 6.45) is 4.25. The number of aromatic nitrogens is 1. The van der Waals surface area contributed by atoms with E-state index in [1.807, 2.05) is 32.9 Å². The average molecular weight is 326 g/mol. The van der Waals surface area contributed by atoms with E-state index in [0.717, 1.165) is 34.2 Å². The van der Waals surface area contributed by atoms with Crippen LogP contribution in [0.15, 0.2) is 42.2 Å². The van der Waals surface area contributed by atoms with Gasteiger partial charge in [0.15, 0.2) is 0 Å².